The number of amides is 3. The number of rotatable bonds is 18. The highest BCUT2D eigenvalue weighted by Gasteiger charge is 2.41. The van der Waals surface area contributed by atoms with Crippen LogP contribution in [0, 0.1) is 11.8 Å². The lowest BCUT2D eigenvalue weighted by Crippen LogP contribution is -2.61. The van der Waals surface area contributed by atoms with Gasteiger partial charge >= 0.3 is 18.0 Å². The number of hydrogen-bond acceptors (Lipinski definition) is 5. The Morgan fingerprint density at radius 2 is 1.31 bits per heavy atom. The molecule has 0 radical (unpaired) electrons. The van der Waals surface area contributed by atoms with Crippen LogP contribution in [-0.4, -0.2) is 59.1 Å². The standard InChI is InChI=1S/C42H49N3O6/c1-31(2)28-45(29-38(24-19-33-13-7-4-8-14-33)39(47)51-30-35-15-9-5-10-16-35)41(50)44-42(40(48)49,25-26-43-32(3)46)27-34-20-22-37(23-21-34)36-17-11-6-12-18-36/h4-18,20-23,31,38H,19,24-30H2,1-3H3,(H,43,46)(H,44,50)(H,48,49)/t38?,42-/m1/s1. The van der Waals surface area contributed by atoms with Gasteiger partial charge < -0.3 is 25.4 Å². The summed E-state index contributed by atoms with van der Waals surface area (Å²) in [5.74, 6) is -2.59. The first-order valence-electron chi connectivity index (χ1n) is 17.5. The van der Waals surface area contributed by atoms with E-state index >= 15 is 0 Å². The summed E-state index contributed by atoms with van der Waals surface area (Å²) in [6.45, 7) is 5.75. The number of nitrogens with one attached hydrogen (secondary N) is 2. The van der Waals surface area contributed by atoms with E-state index in [-0.39, 0.29) is 50.9 Å². The minimum Gasteiger partial charge on any atom is -0.479 e. The molecule has 51 heavy (non-hydrogen) atoms. The van der Waals surface area contributed by atoms with Gasteiger partial charge in [0.25, 0.3) is 0 Å². The highest BCUT2D eigenvalue weighted by Crippen LogP contribution is 2.24. The molecule has 0 saturated heterocycles. The molecule has 3 amide bonds. The molecule has 0 spiro atoms. The van der Waals surface area contributed by atoms with Gasteiger partial charge in [-0.1, -0.05) is 129 Å². The number of benzene rings is 4. The Labute approximate surface area is 301 Å². The van der Waals surface area contributed by atoms with Crippen molar-refractivity contribution in [2.24, 2.45) is 11.8 Å². The van der Waals surface area contributed by atoms with Gasteiger partial charge in [0.05, 0.1) is 5.92 Å². The summed E-state index contributed by atoms with van der Waals surface area (Å²) in [6, 6.07) is 36.0. The molecule has 4 aromatic rings. The summed E-state index contributed by atoms with van der Waals surface area (Å²) in [4.78, 5) is 54.3. The van der Waals surface area contributed by atoms with Gasteiger partial charge in [-0.2, -0.15) is 0 Å². The fraction of sp³-hybridized carbons (Fsp3) is 0.333. The number of urea groups is 1. The van der Waals surface area contributed by atoms with Crippen molar-refractivity contribution in [2.75, 3.05) is 19.6 Å². The lowest BCUT2D eigenvalue weighted by molar-refractivity contribution is -0.151. The lowest BCUT2D eigenvalue weighted by atomic mass is 9.86. The van der Waals surface area contributed by atoms with E-state index in [1.165, 1.54) is 11.8 Å². The van der Waals surface area contributed by atoms with Crippen molar-refractivity contribution in [1.82, 2.24) is 15.5 Å². The molecule has 0 aliphatic rings. The Morgan fingerprint density at radius 3 is 1.88 bits per heavy atom. The van der Waals surface area contributed by atoms with Crippen LogP contribution < -0.4 is 10.6 Å². The van der Waals surface area contributed by atoms with Gasteiger partial charge in [-0.05, 0) is 53.0 Å². The fourth-order valence-corrected chi connectivity index (χ4v) is 6.02. The quantitative estimate of drug-likeness (QED) is 0.0975. The predicted octanol–water partition coefficient (Wildman–Crippen LogP) is 6.91. The molecule has 0 heterocycles. The van der Waals surface area contributed by atoms with E-state index in [2.05, 4.69) is 10.6 Å². The second-order valence-corrected chi connectivity index (χ2v) is 13.4. The molecule has 9 heteroatoms. The van der Waals surface area contributed by atoms with Crippen LogP contribution in [0.5, 0.6) is 0 Å². The third-order valence-electron chi connectivity index (χ3n) is 8.74. The molecule has 3 N–H and O–H groups in total. The van der Waals surface area contributed by atoms with Crippen molar-refractivity contribution in [3.8, 4) is 11.1 Å². The number of ether oxygens (including phenoxy) is 1. The number of aliphatic carboxylic acids is 1. The smallest absolute Gasteiger partial charge is 0.329 e. The molecule has 0 fully saturated rings. The zero-order chi connectivity index (χ0) is 36.6. The van der Waals surface area contributed by atoms with E-state index in [4.69, 9.17) is 4.74 Å². The summed E-state index contributed by atoms with van der Waals surface area (Å²) >= 11 is 0. The van der Waals surface area contributed by atoms with Crippen LogP contribution in [0.25, 0.3) is 11.1 Å². The number of aryl methyl sites for hydroxylation is 1. The molecular weight excluding hydrogens is 642 g/mol. The van der Waals surface area contributed by atoms with Crippen molar-refractivity contribution >= 4 is 23.9 Å². The van der Waals surface area contributed by atoms with Crippen molar-refractivity contribution in [2.45, 2.75) is 58.6 Å². The SMILES string of the molecule is CC(=O)NCC[C@](Cc1ccc(-c2ccccc2)cc1)(NC(=O)N(CC(C)C)CC(CCc1ccccc1)C(=O)OCc1ccccc1)C(=O)O. The van der Waals surface area contributed by atoms with Gasteiger partial charge in [0.2, 0.25) is 5.91 Å². The molecule has 4 rings (SSSR count). The van der Waals surface area contributed by atoms with E-state index in [9.17, 15) is 24.3 Å². The molecule has 0 aliphatic carbocycles. The van der Waals surface area contributed by atoms with Gasteiger partial charge in [0.1, 0.15) is 12.1 Å². The third-order valence-corrected chi connectivity index (χ3v) is 8.74. The summed E-state index contributed by atoms with van der Waals surface area (Å²) in [7, 11) is 0. The van der Waals surface area contributed by atoms with Crippen LogP contribution in [0.15, 0.2) is 115 Å². The Kier molecular flexibility index (Phi) is 14.4. The summed E-state index contributed by atoms with van der Waals surface area (Å²) in [5.41, 5.74) is 2.87. The number of nitrogens with zero attached hydrogens (tertiary/aromatic N) is 1. The largest absolute Gasteiger partial charge is 0.479 e. The first-order chi connectivity index (χ1) is 24.5. The first-order valence-corrected chi connectivity index (χ1v) is 17.5. The van der Waals surface area contributed by atoms with Gasteiger partial charge in [0, 0.05) is 33.0 Å². The maximum absolute atomic E-state index is 14.2. The summed E-state index contributed by atoms with van der Waals surface area (Å²) in [6.07, 6.45) is 0.951. The number of hydrogen-bond donors (Lipinski definition) is 3. The molecule has 2 atom stereocenters. The van der Waals surface area contributed by atoms with Crippen molar-refractivity contribution in [1.29, 1.82) is 0 Å². The second kappa shape index (κ2) is 19.1. The highest BCUT2D eigenvalue weighted by molar-refractivity contribution is 5.87. The number of carboxylic acids is 1. The molecular formula is C42H49N3O6. The van der Waals surface area contributed by atoms with Crippen LogP contribution in [0.3, 0.4) is 0 Å². The minimum atomic E-state index is -1.75. The van der Waals surface area contributed by atoms with E-state index in [1.54, 1.807) is 0 Å². The minimum absolute atomic E-state index is 0.0190. The number of esters is 1. The Hall–Kier alpha value is -5.44. The molecule has 0 bridgehead atoms. The molecule has 0 aliphatic heterocycles. The van der Waals surface area contributed by atoms with Crippen molar-refractivity contribution in [3.05, 3.63) is 132 Å². The zero-order valence-corrected chi connectivity index (χ0v) is 29.7. The molecule has 9 nitrogen and oxygen atoms in total. The second-order valence-electron chi connectivity index (χ2n) is 13.4. The monoisotopic (exact) mass is 691 g/mol. The van der Waals surface area contributed by atoms with Crippen LogP contribution in [0.4, 0.5) is 4.79 Å². The van der Waals surface area contributed by atoms with Gasteiger partial charge in [-0.25, -0.2) is 9.59 Å². The number of carboxylic acid groups (broad SMARTS) is 1. The molecule has 0 saturated carbocycles. The molecule has 268 valence electrons. The van der Waals surface area contributed by atoms with E-state index < -0.39 is 29.4 Å². The summed E-state index contributed by atoms with van der Waals surface area (Å²) < 4.78 is 5.77. The fourth-order valence-electron chi connectivity index (χ4n) is 6.02. The van der Waals surface area contributed by atoms with Crippen LogP contribution in [-0.2, 0) is 38.6 Å². The molecule has 4 aromatic carbocycles. The Bertz CT molecular complexity index is 1700. The average Bonchev–Trinajstić information content (AvgIpc) is 3.13. The Balaban J connectivity index is 1.59. The Morgan fingerprint density at radius 1 is 0.745 bits per heavy atom. The van der Waals surface area contributed by atoms with Gasteiger partial charge in [-0.15, -0.1) is 0 Å². The van der Waals surface area contributed by atoms with E-state index in [0.717, 1.165) is 22.3 Å². The molecule has 1 unspecified atom stereocenters. The highest BCUT2D eigenvalue weighted by atomic mass is 16.5. The van der Waals surface area contributed by atoms with E-state index in [0.29, 0.717) is 18.4 Å². The normalized spacial score (nSPS) is 12.7. The maximum atomic E-state index is 14.2. The number of carbonyl (C=O) groups excluding carboxylic acids is 3. The van der Waals surface area contributed by atoms with E-state index in [1.807, 2.05) is 129 Å². The zero-order valence-electron chi connectivity index (χ0n) is 29.7. The summed E-state index contributed by atoms with van der Waals surface area (Å²) in [5, 5.41) is 16.3. The molecule has 0 aromatic heterocycles. The van der Waals surface area contributed by atoms with Crippen LogP contribution in [0.1, 0.15) is 50.3 Å². The lowest BCUT2D eigenvalue weighted by Gasteiger charge is -2.35. The van der Waals surface area contributed by atoms with Crippen molar-refractivity contribution < 1.29 is 29.0 Å². The topological polar surface area (TPSA) is 125 Å². The van der Waals surface area contributed by atoms with Gasteiger partial charge in [-0.3, -0.25) is 9.59 Å². The number of carbonyl (C=O) groups is 4. The van der Waals surface area contributed by atoms with Crippen LogP contribution >= 0.6 is 0 Å². The van der Waals surface area contributed by atoms with Crippen LogP contribution in [0.2, 0.25) is 0 Å². The predicted molar refractivity (Wildman–Crippen MR) is 199 cm³/mol. The van der Waals surface area contributed by atoms with Gasteiger partial charge in [0.15, 0.2) is 0 Å². The maximum Gasteiger partial charge on any atom is 0.329 e. The first kappa shape index (κ1) is 38.4. The average molecular weight is 692 g/mol. The van der Waals surface area contributed by atoms with Crippen molar-refractivity contribution in [3.63, 3.8) is 0 Å². The third kappa shape index (κ3) is 12.1.